The van der Waals surface area contributed by atoms with Gasteiger partial charge in [-0.15, -0.1) is 0 Å². The van der Waals surface area contributed by atoms with Crippen molar-refractivity contribution in [3.8, 4) is 0 Å². The molecule has 1 heterocycles. The fourth-order valence-electron chi connectivity index (χ4n) is 1.28. The van der Waals surface area contributed by atoms with Gasteiger partial charge in [0.15, 0.2) is 4.34 Å². The number of halogens is 1. The van der Waals surface area contributed by atoms with Gasteiger partial charge >= 0.3 is 0 Å². The summed E-state index contributed by atoms with van der Waals surface area (Å²) in [5, 5.41) is 0. The number of anilines is 1. The van der Waals surface area contributed by atoms with Gasteiger partial charge in [0, 0.05) is 17.0 Å². The second-order valence-electron chi connectivity index (χ2n) is 3.57. The van der Waals surface area contributed by atoms with E-state index in [1.807, 2.05) is 6.92 Å². The van der Waals surface area contributed by atoms with Gasteiger partial charge in [0.25, 0.3) is 0 Å². The highest BCUT2D eigenvalue weighted by Crippen LogP contribution is 2.34. The molecule has 17 heavy (non-hydrogen) atoms. The van der Waals surface area contributed by atoms with Crippen LogP contribution in [0.4, 0.5) is 10.1 Å². The zero-order valence-corrected chi connectivity index (χ0v) is 11.2. The highest BCUT2D eigenvalue weighted by Gasteiger charge is 2.09. The fraction of sp³-hybridized carbons (Fsp3) is 0.273. The normalized spacial score (nSPS) is 10.8. The van der Waals surface area contributed by atoms with Crippen LogP contribution in [-0.2, 0) is 6.42 Å². The first-order valence-electron chi connectivity index (χ1n) is 5.16. The third-order valence-electron chi connectivity index (χ3n) is 2.25. The second kappa shape index (κ2) is 5.01. The van der Waals surface area contributed by atoms with E-state index in [1.54, 1.807) is 13.0 Å². The van der Waals surface area contributed by atoms with E-state index >= 15 is 0 Å². The summed E-state index contributed by atoms with van der Waals surface area (Å²) in [6.07, 6.45) is 0.814. The van der Waals surface area contributed by atoms with Gasteiger partial charge in [-0.05, 0) is 36.2 Å². The Morgan fingerprint density at radius 1 is 1.47 bits per heavy atom. The van der Waals surface area contributed by atoms with Gasteiger partial charge in [0.05, 0.1) is 0 Å². The van der Waals surface area contributed by atoms with Gasteiger partial charge in [0.1, 0.15) is 11.6 Å². The number of nitrogens with zero attached hydrogens (tertiary/aromatic N) is 2. The van der Waals surface area contributed by atoms with E-state index in [9.17, 15) is 4.39 Å². The second-order valence-corrected chi connectivity index (χ2v) is 5.61. The SMILES string of the molecule is CCc1nsc(Sc2cc(C)c(F)cc2N)n1. The molecule has 2 rings (SSSR count). The van der Waals surface area contributed by atoms with Gasteiger partial charge < -0.3 is 5.73 Å². The quantitative estimate of drug-likeness (QED) is 0.869. The number of benzene rings is 1. The minimum atomic E-state index is -0.279. The molecule has 6 heteroatoms. The maximum Gasteiger partial charge on any atom is 0.174 e. The minimum absolute atomic E-state index is 0.279. The summed E-state index contributed by atoms with van der Waals surface area (Å²) in [7, 11) is 0. The lowest BCUT2D eigenvalue weighted by Crippen LogP contribution is -1.92. The number of rotatable bonds is 3. The zero-order valence-electron chi connectivity index (χ0n) is 9.53. The predicted octanol–water partition coefficient (Wildman–Crippen LogP) is 3.28. The van der Waals surface area contributed by atoms with Crippen LogP contribution < -0.4 is 5.73 Å². The van der Waals surface area contributed by atoms with Crippen molar-refractivity contribution >= 4 is 29.0 Å². The van der Waals surface area contributed by atoms with Crippen LogP contribution in [0.15, 0.2) is 21.4 Å². The summed E-state index contributed by atoms with van der Waals surface area (Å²) in [5.41, 5.74) is 6.79. The van der Waals surface area contributed by atoms with E-state index in [0.717, 1.165) is 21.5 Å². The molecule has 0 spiro atoms. The summed E-state index contributed by atoms with van der Waals surface area (Å²) in [6, 6.07) is 3.09. The van der Waals surface area contributed by atoms with Crippen molar-refractivity contribution in [1.29, 1.82) is 0 Å². The Balaban J connectivity index is 2.26. The average Bonchev–Trinajstić information content (AvgIpc) is 2.73. The van der Waals surface area contributed by atoms with Gasteiger partial charge in [-0.3, -0.25) is 0 Å². The number of aryl methyl sites for hydroxylation is 2. The van der Waals surface area contributed by atoms with Crippen molar-refractivity contribution in [3.05, 3.63) is 29.3 Å². The Labute approximate surface area is 107 Å². The van der Waals surface area contributed by atoms with Crippen LogP contribution in [0.25, 0.3) is 0 Å². The largest absolute Gasteiger partial charge is 0.398 e. The lowest BCUT2D eigenvalue weighted by atomic mass is 10.2. The molecule has 0 radical (unpaired) electrons. The van der Waals surface area contributed by atoms with Crippen LogP contribution in [0, 0.1) is 12.7 Å². The van der Waals surface area contributed by atoms with E-state index in [-0.39, 0.29) is 5.82 Å². The number of hydrogen-bond donors (Lipinski definition) is 1. The van der Waals surface area contributed by atoms with Crippen LogP contribution in [0.5, 0.6) is 0 Å². The number of aromatic nitrogens is 2. The molecule has 1 aromatic carbocycles. The Morgan fingerprint density at radius 3 is 2.88 bits per heavy atom. The molecule has 0 unspecified atom stereocenters. The van der Waals surface area contributed by atoms with Gasteiger partial charge in [-0.1, -0.05) is 18.7 Å². The topological polar surface area (TPSA) is 51.8 Å². The molecule has 0 saturated heterocycles. The van der Waals surface area contributed by atoms with Crippen molar-refractivity contribution in [2.75, 3.05) is 5.73 Å². The molecule has 2 aromatic rings. The predicted molar refractivity (Wildman–Crippen MR) is 69.0 cm³/mol. The molecule has 0 fully saturated rings. The standard InChI is InChI=1S/C11H12FN3S2/c1-3-10-14-11(17-15-10)16-9-4-6(2)7(12)5-8(9)13/h4-5H,3,13H2,1-2H3. The lowest BCUT2D eigenvalue weighted by Gasteiger charge is -2.05. The molecule has 0 bridgehead atoms. The van der Waals surface area contributed by atoms with Crippen LogP contribution in [0.1, 0.15) is 18.3 Å². The molecular formula is C11H12FN3S2. The zero-order chi connectivity index (χ0) is 12.4. The summed E-state index contributed by atoms with van der Waals surface area (Å²) < 4.78 is 18.3. The molecule has 0 saturated carbocycles. The van der Waals surface area contributed by atoms with E-state index in [4.69, 9.17) is 5.73 Å². The molecule has 0 amide bonds. The van der Waals surface area contributed by atoms with Crippen molar-refractivity contribution < 1.29 is 4.39 Å². The van der Waals surface area contributed by atoms with E-state index in [2.05, 4.69) is 9.36 Å². The lowest BCUT2D eigenvalue weighted by molar-refractivity contribution is 0.618. The Morgan fingerprint density at radius 2 is 2.24 bits per heavy atom. The smallest absolute Gasteiger partial charge is 0.174 e. The molecular weight excluding hydrogens is 257 g/mol. The molecule has 0 atom stereocenters. The summed E-state index contributed by atoms with van der Waals surface area (Å²) >= 11 is 2.77. The summed E-state index contributed by atoms with van der Waals surface area (Å²) in [5.74, 6) is 0.549. The van der Waals surface area contributed by atoms with Gasteiger partial charge in [-0.2, -0.15) is 4.37 Å². The number of nitrogens with two attached hydrogens (primary N) is 1. The van der Waals surface area contributed by atoms with Crippen molar-refractivity contribution in [1.82, 2.24) is 9.36 Å². The first-order valence-corrected chi connectivity index (χ1v) is 6.75. The van der Waals surface area contributed by atoms with Crippen molar-refractivity contribution in [3.63, 3.8) is 0 Å². The number of nitrogen functional groups attached to an aromatic ring is 1. The van der Waals surface area contributed by atoms with Crippen LogP contribution in [0.3, 0.4) is 0 Å². The minimum Gasteiger partial charge on any atom is -0.398 e. The van der Waals surface area contributed by atoms with Gasteiger partial charge in [-0.25, -0.2) is 9.37 Å². The molecule has 0 aliphatic carbocycles. The van der Waals surface area contributed by atoms with Crippen LogP contribution in [0.2, 0.25) is 0 Å². The molecule has 1 aromatic heterocycles. The summed E-state index contributed by atoms with van der Waals surface area (Å²) in [6.45, 7) is 3.73. The third kappa shape index (κ3) is 2.76. The Bertz CT molecular complexity index is 540. The maximum absolute atomic E-state index is 13.2. The van der Waals surface area contributed by atoms with Crippen LogP contribution in [-0.4, -0.2) is 9.36 Å². The molecule has 3 nitrogen and oxygen atoms in total. The highest BCUT2D eigenvalue weighted by atomic mass is 32.2. The van der Waals surface area contributed by atoms with Crippen LogP contribution >= 0.6 is 23.3 Å². The van der Waals surface area contributed by atoms with Gasteiger partial charge in [0.2, 0.25) is 0 Å². The Kier molecular flexibility index (Phi) is 3.63. The first-order chi connectivity index (χ1) is 8.10. The van der Waals surface area contributed by atoms with Crippen molar-refractivity contribution in [2.45, 2.75) is 29.5 Å². The van der Waals surface area contributed by atoms with E-state index in [0.29, 0.717) is 11.3 Å². The van der Waals surface area contributed by atoms with Crippen molar-refractivity contribution in [2.24, 2.45) is 0 Å². The summed E-state index contributed by atoms with van der Waals surface area (Å²) in [4.78, 5) is 5.16. The first kappa shape index (κ1) is 12.3. The monoisotopic (exact) mass is 269 g/mol. The Hall–Kier alpha value is -1.14. The molecule has 2 N–H and O–H groups in total. The highest BCUT2D eigenvalue weighted by molar-refractivity contribution is 8.01. The molecule has 90 valence electrons. The van der Waals surface area contributed by atoms with E-state index < -0.39 is 0 Å². The molecule has 0 aliphatic heterocycles. The average molecular weight is 269 g/mol. The third-order valence-corrected chi connectivity index (χ3v) is 4.12. The fourth-order valence-corrected chi connectivity index (χ4v) is 3.06. The number of hydrogen-bond acceptors (Lipinski definition) is 5. The maximum atomic E-state index is 13.2. The molecule has 0 aliphatic rings. The van der Waals surface area contributed by atoms with E-state index in [1.165, 1.54) is 29.4 Å².